The lowest BCUT2D eigenvalue weighted by Gasteiger charge is -2.17. The maximum Gasteiger partial charge on any atom is 0.134 e. The van der Waals surface area contributed by atoms with Gasteiger partial charge in [0.05, 0.1) is 18.6 Å². The Morgan fingerprint density at radius 3 is 3.21 bits per heavy atom. The highest BCUT2D eigenvalue weighted by Gasteiger charge is 2.26. The van der Waals surface area contributed by atoms with Gasteiger partial charge in [-0.3, -0.25) is 0 Å². The van der Waals surface area contributed by atoms with Gasteiger partial charge >= 0.3 is 0 Å². The molecule has 78 valence electrons. The second-order valence-corrected chi connectivity index (χ2v) is 4.45. The molecule has 1 aliphatic heterocycles. The first-order valence-electron chi connectivity index (χ1n) is 4.77. The molecule has 0 aliphatic carbocycles. The van der Waals surface area contributed by atoms with E-state index in [2.05, 4.69) is 0 Å². The maximum absolute atomic E-state index is 6.17. The number of hydrogen-bond donors (Lipinski definition) is 1. The zero-order chi connectivity index (χ0) is 9.97. The molecule has 0 spiro atoms. The summed E-state index contributed by atoms with van der Waals surface area (Å²) in [6.45, 7) is 1.62. The third kappa shape index (κ3) is 1.78. The predicted octanol–water partition coefficient (Wildman–Crippen LogP) is 1.79. The van der Waals surface area contributed by atoms with Crippen LogP contribution in [0.15, 0.2) is 11.4 Å². The zero-order valence-corrected chi connectivity index (χ0v) is 9.05. The Balaban J connectivity index is 2.12. The molecule has 14 heavy (non-hydrogen) atoms. The van der Waals surface area contributed by atoms with E-state index in [1.54, 1.807) is 18.4 Å². The van der Waals surface area contributed by atoms with Crippen molar-refractivity contribution in [3.05, 3.63) is 16.3 Å². The van der Waals surface area contributed by atoms with Crippen LogP contribution in [0.1, 0.15) is 17.3 Å². The average molecular weight is 213 g/mol. The van der Waals surface area contributed by atoms with Crippen LogP contribution >= 0.6 is 11.3 Å². The van der Waals surface area contributed by atoms with Gasteiger partial charge < -0.3 is 15.2 Å². The van der Waals surface area contributed by atoms with Crippen molar-refractivity contribution in [2.24, 2.45) is 11.7 Å². The quantitative estimate of drug-likeness (QED) is 0.832. The summed E-state index contributed by atoms with van der Waals surface area (Å²) in [5, 5.41) is 2.02. The van der Waals surface area contributed by atoms with Gasteiger partial charge in [-0.15, -0.1) is 11.3 Å². The SMILES string of the molecule is COc1ccsc1C(N)C1CCOC1. The van der Waals surface area contributed by atoms with E-state index in [-0.39, 0.29) is 6.04 Å². The fourth-order valence-electron chi connectivity index (χ4n) is 1.77. The highest BCUT2D eigenvalue weighted by molar-refractivity contribution is 7.10. The first-order chi connectivity index (χ1) is 6.83. The van der Waals surface area contributed by atoms with E-state index >= 15 is 0 Å². The van der Waals surface area contributed by atoms with Crippen molar-refractivity contribution in [2.45, 2.75) is 12.5 Å². The molecule has 2 atom stereocenters. The second kappa shape index (κ2) is 4.29. The molecule has 0 saturated carbocycles. The smallest absolute Gasteiger partial charge is 0.134 e. The summed E-state index contributed by atoms with van der Waals surface area (Å²) in [4.78, 5) is 1.14. The highest BCUT2D eigenvalue weighted by Crippen LogP contribution is 2.35. The molecule has 1 aromatic rings. The first-order valence-corrected chi connectivity index (χ1v) is 5.65. The maximum atomic E-state index is 6.17. The van der Waals surface area contributed by atoms with Gasteiger partial charge in [0.2, 0.25) is 0 Å². The van der Waals surface area contributed by atoms with Crippen LogP contribution in [-0.2, 0) is 4.74 Å². The zero-order valence-electron chi connectivity index (χ0n) is 8.23. The number of thiophene rings is 1. The van der Waals surface area contributed by atoms with Gasteiger partial charge in [-0.25, -0.2) is 0 Å². The van der Waals surface area contributed by atoms with E-state index in [0.717, 1.165) is 30.3 Å². The number of nitrogens with two attached hydrogens (primary N) is 1. The molecular formula is C10H15NO2S. The normalized spacial score (nSPS) is 23.7. The highest BCUT2D eigenvalue weighted by atomic mass is 32.1. The molecule has 2 unspecified atom stereocenters. The molecule has 0 amide bonds. The molecular weight excluding hydrogens is 198 g/mol. The number of methoxy groups -OCH3 is 1. The Morgan fingerprint density at radius 1 is 1.71 bits per heavy atom. The van der Waals surface area contributed by atoms with Crippen molar-refractivity contribution < 1.29 is 9.47 Å². The lowest BCUT2D eigenvalue weighted by Crippen LogP contribution is -2.21. The molecule has 0 aromatic carbocycles. The monoisotopic (exact) mass is 213 g/mol. The second-order valence-electron chi connectivity index (χ2n) is 3.50. The van der Waals surface area contributed by atoms with Gasteiger partial charge in [-0.2, -0.15) is 0 Å². The Kier molecular flexibility index (Phi) is 3.05. The Bertz CT molecular complexity index is 294. The van der Waals surface area contributed by atoms with Crippen molar-refractivity contribution in [3.63, 3.8) is 0 Å². The van der Waals surface area contributed by atoms with Crippen molar-refractivity contribution in [1.29, 1.82) is 0 Å². The fourth-order valence-corrected chi connectivity index (χ4v) is 2.73. The van der Waals surface area contributed by atoms with Gasteiger partial charge in [0.15, 0.2) is 0 Å². The number of hydrogen-bond acceptors (Lipinski definition) is 4. The van der Waals surface area contributed by atoms with Crippen LogP contribution in [0.5, 0.6) is 5.75 Å². The molecule has 1 aromatic heterocycles. The Hall–Kier alpha value is -0.580. The van der Waals surface area contributed by atoms with E-state index < -0.39 is 0 Å². The van der Waals surface area contributed by atoms with Crippen molar-refractivity contribution in [1.82, 2.24) is 0 Å². The van der Waals surface area contributed by atoms with Crippen molar-refractivity contribution >= 4 is 11.3 Å². The summed E-state index contributed by atoms with van der Waals surface area (Å²) in [6.07, 6.45) is 1.06. The molecule has 2 rings (SSSR count). The van der Waals surface area contributed by atoms with Crippen LogP contribution in [0.4, 0.5) is 0 Å². The Morgan fingerprint density at radius 2 is 2.57 bits per heavy atom. The average Bonchev–Trinajstić information content (AvgIpc) is 2.87. The van der Waals surface area contributed by atoms with Crippen molar-refractivity contribution in [2.75, 3.05) is 20.3 Å². The minimum absolute atomic E-state index is 0.0625. The summed E-state index contributed by atoms with van der Waals surface area (Å²) < 4.78 is 10.6. The third-order valence-electron chi connectivity index (χ3n) is 2.65. The van der Waals surface area contributed by atoms with E-state index in [1.807, 2.05) is 11.4 Å². The summed E-state index contributed by atoms with van der Waals surface area (Å²) in [6, 6.07) is 2.03. The summed E-state index contributed by atoms with van der Waals surface area (Å²) in [5.41, 5.74) is 6.17. The lowest BCUT2D eigenvalue weighted by molar-refractivity contribution is 0.181. The minimum Gasteiger partial charge on any atom is -0.496 e. The summed E-state index contributed by atoms with van der Waals surface area (Å²) in [7, 11) is 1.68. The van der Waals surface area contributed by atoms with Crippen LogP contribution in [0.3, 0.4) is 0 Å². The van der Waals surface area contributed by atoms with Gasteiger partial charge in [0, 0.05) is 18.6 Å². The van der Waals surface area contributed by atoms with E-state index in [4.69, 9.17) is 15.2 Å². The molecule has 1 aliphatic rings. The van der Waals surface area contributed by atoms with E-state index in [0.29, 0.717) is 5.92 Å². The van der Waals surface area contributed by atoms with Crippen LogP contribution in [0, 0.1) is 5.92 Å². The van der Waals surface area contributed by atoms with E-state index in [1.165, 1.54) is 0 Å². The number of rotatable bonds is 3. The largest absolute Gasteiger partial charge is 0.496 e. The molecule has 4 heteroatoms. The molecule has 1 saturated heterocycles. The molecule has 1 fully saturated rings. The molecule has 0 radical (unpaired) electrons. The fraction of sp³-hybridized carbons (Fsp3) is 0.600. The van der Waals surface area contributed by atoms with Crippen LogP contribution in [-0.4, -0.2) is 20.3 Å². The first kappa shape index (κ1) is 9.96. The van der Waals surface area contributed by atoms with Gasteiger partial charge in [-0.1, -0.05) is 0 Å². The molecule has 2 N–H and O–H groups in total. The van der Waals surface area contributed by atoms with Gasteiger partial charge in [-0.05, 0) is 17.9 Å². The molecule has 2 heterocycles. The van der Waals surface area contributed by atoms with Gasteiger partial charge in [0.25, 0.3) is 0 Å². The lowest BCUT2D eigenvalue weighted by atomic mass is 9.98. The summed E-state index contributed by atoms with van der Waals surface area (Å²) in [5.74, 6) is 1.36. The third-order valence-corrected chi connectivity index (χ3v) is 3.65. The van der Waals surface area contributed by atoms with Crippen LogP contribution in [0.2, 0.25) is 0 Å². The predicted molar refractivity (Wildman–Crippen MR) is 56.7 cm³/mol. The van der Waals surface area contributed by atoms with E-state index in [9.17, 15) is 0 Å². The van der Waals surface area contributed by atoms with Crippen LogP contribution in [0.25, 0.3) is 0 Å². The van der Waals surface area contributed by atoms with Crippen LogP contribution < -0.4 is 10.5 Å². The topological polar surface area (TPSA) is 44.5 Å². The van der Waals surface area contributed by atoms with Crippen molar-refractivity contribution in [3.8, 4) is 5.75 Å². The Labute approximate surface area is 87.8 Å². The standard InChI is InChI=1S/C10H15NO2S/c1-12-8-3-5-14-10(8)9(11)7-2-4-13-6-7/h3,5,7,9H,2,4,6,11H2,1H3. The summed E-state index contributed by atoms with van der Waals surface area (Å²) >= 11 is 1.66. The molecule has 3 nitrogen and oxygen atoms in total. The number of ether oxygens (including phenoxy) is 2. The molecule has 0 bridgehead atoms. The minimum atomic E-state index is 0.0625. The van der Waals surface area contributed by atoms with Gasteiger partial charge in [0.1, 0.15) is 5.75 Å².